The topological polar surface area (TPSA) is 82.2 Å². The summed E-state index contributed by atoms with van der Waals surface area (Å²) in [6.45, 7) is 6.71. The molecule has 2 amide bonds. The van der Waals surface area contributed by atoms with E-state index in [-0.39, 0.29) is 24.0 Å². The number of aromatic nitrogens is 2. The van der Waals surface area contributed by atoms with Gasteiger partial charge in [-0.2, -0.15) is 0 Å². The number of halogens is 2. The Morgan fingerprint density at radius 1 is 1.27 bits per heavy atom. The summed E-state index contributed by atoms with van der Waals surface area (Å²) in [6.07, 6.45) is 2.62. The number of hydrogen-bond acceptors (Lipinski definition) is 5. The van der Waals surface area contributed by atoms with Crippen LogP contribution in [0.1, 0.15) is 36.6 Å². The summed E-state index contributed by atoms with van der Waals surface area (Å²) in [5.74, 6) is 0.746. The summed E-state index contributed by atoms with van der Waals surface area (Å²) in [7, 11) is 0. The lowest BCUT2D eigenvalue weighted by molar-refractivity contribution is 0.187. The van der Waals surface area contributed by atoms with E-state index >= 15 is 0 Å². The van der Waals surface area contributed by atoms with Gasteiger partial charge in [0.2, 0.25) is 5.95 Å². The van der Waals surface area contributed by atoms with E-state index in [4.69, 9.17) is 23.2 Å². The van der Waals surface area contributed by atoms with Crippen molar-refractivity contribution in [2.45, 2.75) is 44.8 Å². The zero-order valence-electron chi connectivity index (χ0n) is 17.1. The van der Waals surface area contributed by atoms with Crippen LogP contribution in [0.5, 0.6) is 0 Å². The molecule has 7 nitrogen and oxygen atoms in total. The lowest BCUT2D eigenvalue weighted by atomic mass is 9.94. The molecule has 0 bridgehead atoms. The van der Waals surface area contributed by atoms with Crippen LogP contribution in [0.25, 0.3) is 0 Å². The molecule has 2 atom stereocenters. The van der Waals surface area contributed by atoms with E-state index in [0.29, 0.717) is 35.6 Å². The number of hydrogen-bond donors (Lipinski definition) is 3. The summed E-state index contributed by atoms with van der Waals surface area (Å²) in [6, 6.07) is 5.83. The van der Waals surface area contributed by atoms with Crippen LogP contribution in [0.4, 0.5) is 10.7 Å². The molecule has 1 saturated heterocycles. The van der Waals surface area contributed by atoms with Gasteiger partial charge in [0.15, 0.2) is 0 Å². The molecule has 0 radical (unpaired) electrons. The first-order valence-corrected chi connectivity index (χ1v) is 11.0. The average Bonchev–Trinajstić information content (AvgIpc) is 3.17. The fraction of sp³-hybridized carbons (Fsp3) is 0.476. The maximum Gasteiger partial charge on any atom is 0.318 e. The van der Waals surface area contributed by atoms with Gasteiger partial charge in [-0.25, -0.2) is 14.8 Å². The Morgan fingerprint density at radius 2 is 2.10 bits per heavy atom. The molecule has 0 aliphatic carbocycles. The minimum Gasteiger partial charge on any atom is -0.352 e. The second-order valence-corrected chi connectivity index (χ2v) is 8.94. The highest BCUT2D eigenvalue weighted by atomic mass is 35.5. The zero-order chi connectivity index (χ0) is 21.3. The van der Waals surface area contributed by atoms with Gasteiger partial charge in [0.05, 0.1) is 28.3 Å². The summed E-state index contributed by atoms with van der Waals surface area (Å²) >= 11 is 12.2. The normalized spacial score (nSPS) is 20.9. The fourth-order valence-electron chi connectivity index (χ4n) is 3.98. The van der Waals surface area contributed by atoms with Crippen molar-refractivity contribution in [2.75, 3.05) is 25.0 Å². The quantitative estimate of drug-likeness (QED) is 0.667. The number of benzene rings is 1. The summed E-state index contributed by atoms with van der Waals surface area (Å²) in [4.78, 5) is 23.8. The largest absolute Gasteiger partial charge is 0.352 e. The highest BCUT2D eigenvalue weighted by molar-refractivity contribution is 6.42. The number of urea groups is 1. The van der Waals surface area contributed by atoms with E-state index < -0.39 is 0 Å². The molecule has 4 rings (SSSR count). The maximum absolute atomic E-state index is 13.0. The molecule has 2 aromatic rings. The van der Waals surface area contributed by atoms with Crippen molar-refractivity contribution < 1.29 is 4.79 Å². The lowest BCUT2D eigenvalue weighted by Crippen LogP contribution is -2.48. The van der Waals surface area contributed by atoms with E-state index in [1.807, 2.05) is 37.1 Å². The molecule has 3 heterocycles. The molecule has 2 aliphatic rings. The van der Waals surface area contributed by atoms with Gasteiger partial charge in [-0.15, -0.1) is 0 Å². The molecule has 0 spiro atoms. The predicted octanol–water partition coefficient (Wildman–Crippen LogP) is 3.43. The first-order chi connectivity index (χ1) is 14.4. The number of rotatable bonds is 4. The van der Waals surface area contributed by atoms with Gasteiger partial charge in [0, 0.05) is 37.8 Å². The number of carbonyl (C=O) groups is 1. The third kappa shape index (κ3) is 4.63. The maximum atomic E-state index is 13.0. The summed E-state index contributed by atoms with van der Waals surface area (Å²) < 4.78 is 0. The van der Waals surface area contributed by atoms with Crippen LogP contribution in [0.15, 0.2) is 24.4 Å². The first kappa shape index (κ1) is 21.2. The number of carbonyl (C=O) groups excluding carboxylic acids is 1. The molecule has 1 aromatic heterocycles. The number of anilines is 1. The number of amides is 2. The molecule has 1 fully saturated rings. The van der Waals surface area contributed by atoms with Gasteiger partial charge in [-0.1, -0.05) is 29.3 Å². The van der Waals surface area contributed by atoms with Crippen molar-refractivity contribution in [1.82, 2.24) is 25.5 Å². The van der Waals surface area contributed by atoms with Crippen LogP contribution in [0.3, 0.4) is 0 Å². The standard InChI is InChI=1S/C21H26Cl2N6O/c1-12(2)26-20-25-8-14-5-6-29(11-19(14)27-20)21(30)28-18-10-24-9-15(18)13-3-4-16(22)17(23)7-13/h3-4,7-8,12,15,18,24H,5-6,9-11H2,1-2H3,(H,28,30)(H,25,26,27). The van der Waals surface area contributed by atoms with Crippen LogP contribution < -0.4 is 16.0 Å². The SMILES string of the molecule is CC(C)Nc1ncc2c(n1)CN(C(=O)NC1CNCC1c1ccc(Cl)c(Cl)c1)CC2. The summed E-state index contributed by atoms with van der Waals surface area (Å²) in [5, 5.41) is 10.9. The smallest absolute Gasteiger partial charge is 0.318 e. The number of fused-ring (bicyclic) bond motifs is 1. The second kappa shape index (κ2) is 8.96. The minimum atomic E-state index is -0.0728. The minimum absolute atomic E-state index is 0.0142. The van der Waals surface area contributed by atoms with Gasteiger partial charge in [0.1, 0.15) is 0 Å². The van der Waals surface area contributed by atoms with Gasteiger partial charge in [-0.05, 0) is 43.5 Å². The Bertz CT molecular complexity index is 938. The van der Waals surface area contributed by atoms with Gasteiger partial charge >= 0.3 is 6.03 Å². The Hall–Kier alpha value is -2.09. The Morgan fingerprint density at radius 3 is 2.87 bits per heavy atom. The highest BCUT2D eigenvalue weighted by Crippen LogP contribution is 2.30. The Labute approximate surface area is 186 Å². The summed E-state index contributed by atoms with van der Waals surface area (Å²) in [5.41, 5.74) is 3.07. The monoisotopic (exact) mass is 448 g/mol. The third-order valence-electron chi connectivity index (χ3n) is 5.55. The van der Waals surface area contributed by atoms with Crippen LogP contribution in [0, 0.1) is 0 Å². The average molecular weight is 449 g/mol. The van der Waals surface area contributed by atoms with Crippen molar-refractivity contribution in [1.29, 1.82) is 0 Å². The second-order valence-electron chi connectivity index (χ2n) is 8.13. The van der Waals surface area contributed by atoms with E-state index in [1.165, 1.54) is 0 Å². The third-order valence-corrected chi connectivity index (χ3v) is 6.28. The first-order valence-electron chi connectivity index (χ1n) is 10.2. The van der Waals surface area contributed by atoms with Gasteiger partial charge in [-0.3, -0.25) is 0 Å². The molecule has 3 N–H and O–H groups in total. The van der Waals surface area contributed by atoms with E-state index in [0.717, 1.165) is 29.8 Å². The van der Waals surface area contributed by atoms with Crippen molar-refractivity contribution >= 4 is 35.2 Å². The van der Waals surface area contributed by atoms with Crippen molar-refractivity contribution in [3.63, 3.8) is 0 Å². The predicted molar refractivity (Wildman–Crippen MR) is 119 cm³/mol. The zero-order valence-corrected chi connectivity index (χ0v) is 18.6. The van der Waals surface area contributed by atoms with Gasteiger partial charge in [0.25, 0.3) is 0 Å². The van der Waals surface area contributed by atoms with Crippen molar-refractivity contribution in [3.05, 3.63) is 51.3 Å². The highest BCUT2D eigenvalue weighted by Gasteiger charge is 2.32. The molecule has 1 aromatic carbocycles. The fourth-order valence-corrected chi connectivity index (χ4v) is 4.28. The van der Waals surface area contributed by atoms with Gasteiger partial charge < -0.3 is 20.9 Å². The molecule has 0 saturated carbocycles. The molecular weight excluding hydrogens is 423 g/mol. The van der Waals surface area contributed by atoms with Crippen LogP contribution in [-0.4, -0.2) is 52.6 Å². The molecule has 160 valence electrons. The molecular formula is C21H26Cl2N6O. The van der Waals surface area contributed by atoms with Crippen LogP contribution in [-0.2, 0) is 13.0 Å². The molecule has 30 heavy (non-hydrogen) atoms. The van der Waals surface area contributed by atoms with Crippen molar-refractivity contribution in [3.8, 4) is 0 Å². The Kier molecular flexibility index (Phi) is 6.32. The van der Waals surface area contributed by atoms with E-state index in [1.54, 1.807) is 6.07 Å². The van der Waals surface area contributed by atoms with Crippen molar-refractivity contribution in [2.24, 2.45) is 0 Å². The van der Waals surface area contributed by atoms with E-state index in [2.05, 4.69) is 25.9 Å². The van der Waals surface area contributed by atoms with E-state index in [9.17, 15) is 4.79 Å². The lowest BCUT2D eigenvalue weighted by Gasteiger charge is -2.30. The molecule has 2 aliphatic heterocycles. The number of nitrogens with one attached hydrogen (secondary N) is 3. The Balaban J connectivity index is 1.43. The molecule has 2 unspecified atom stereocenters. The molecule has 9 heteroatoms. The van der Waals surface area contributed by atoms with Crippen LogP contribution >= 0.6 is 23.2 Å². The number of nitrogens with zero attached hydrogens (tertiary/aromatic N) is 3. The van der Waals surface area contributed by atoms with Crippen LogP contribution in [0.2, 0.25) is 10.0 Å².